The molecular weight excluding hydrogens is 528 g/mol. The average molecular weight is 563 g/mol. The zero-order valence-electron chi connectivity index (χ0n) is 22.8. The van der Waals surface area contributed by atoms with Crippen LogP contribution in [0.25, 0.3) is 22.3 Å². The molecule has 0 radical (unpaired) electrons. The fourth-order valence-corrected chi connectivity index (χ4v) is 4.32. The molecule has 2 unspecified atom stereocenters. The van der Waals surface area contributed by atoms with Crippen LogP contribution in [0.1, 0.15) is 13.8 Å². The van der Waals surface area contributed by atoms with Crippen molar-refractivity contribution < 1.29 is 53.3 Å². The molecule has 4 rings (SSSR count). The summed E-state index contributed by atoms with van der Waals surface area (Å²) in [6, 6.07) is 7.81. The minimum atomic E-state index is -1.64. The molecule has 2 heterocycles. The van der Waals surface area contributed by atoms with Crippen molar-refractivity contribution >= 4 is 11.0 Å². The van der Waals surface area contributed by atoms with Crippen molar-refractivity contribution in [1.82, 2.24) is 0 Å². The Morgan fingerprint density at radius 1 is 0.900 bits per heavy atom. The highest BCUT2D eigenvalue weighted by Crippen LogP contribution is 2.40. The summed E-state index contributed by atoms with van der Waals surface area (Å²) in [7, 11) is 4.36. The molecule has 0 bridgehead atoms. The Morgan fingerprint density at radius 2 is 1.60 bits per heavy atom. The van der Waals surface area contributed by atoms with E-state index < -0.39 is 42.7 Å². The molecule has 0 saturated carbocycles. The summed E-state index contributed by atoms with van der Waals surface area (Å²) in [4.78, 5) is 13.8. The summed E-state index contributed by atoms with van der Waals surface area (Å²) in [5, 5.41) is 40.2. The van der Waals surface area contributed by atoms with E-state index in [4.69, 9.17) is 32.8 Å². The lowest BCUT2D eigenvalue weighted by atomic mass is 9.99. The number of benzene rings is 2. The van der Waals surface area contributed by atoms with E-state index in [9.17, 15) is 25.2 Å². The quantitative estimate of drug-likeness (QED) is 0.283. The van der Waals surface area contributed by atoms with Crippen molar-refractivity contribution in [2.24, 2.45) is 5.92 Å². The normalized spacial score (nSPS) is 22.8. The Labute approximate surface area is 230 Å². The van der Waals surface area contributed by atoms with E-state index in [1.165, 1.54) is 33.5 Å². The number of ether oxygens (including phenoxy) is 6. The lowest BCUT2D eigenvalue weighted by molar-refractivity contribution is -0.277. The first-order chi connectivity index (χ1) is 19.1. The van der Waals surface area contributed by atoms with Gasteiger partial charge in [0.15, 0.2) is 17.3 Å². The third-order valence-electron chi connectivity index (χ3n) is 6.42. The molecule has 12 heteroatoms. The fraction of sp³-hybridized carbons (Fsp3) is 0.464. The second-order valence-electron chi connectivity index (χ2n) is 9.68. The molecule has 40 heavy (non-hydrogen) atoms. The topological polar surface area (TPSA) is 167 Å². The van der Waals surface area contributed by atoms with Crippen LogP contribution in [0.15, 0.2) is 39.5 Å². The molecule has 12 nitrogen and oxygen atoms in total. The minimum absolute atomic E-state index is 0.0191. The molecule has 0 amide bonds. The third-order valence-corrected chi connectivity index (χ3v) is 6.42. The molecule has 0 spiro atoms. The Morgan fingerprint density at radius 3 is 2.23 bits per heavy atom. The smallest absolute Gasteiger partial charge is 0.239 e. The summed E-state index contributed by atoms with van der Waals surface area (Å²) in [5.41, 5.74) is 0.0724. The van der Waals surface area contributed by atoms with Gasteiger partial charge in [-0.3, -0.25) is 4.79 Å². The standard InChI is InChI=1S/C28H34O12/c1-13(2)12-37-27-23(31)21-18(36-5)9-15(38-28-25(33)24(32)22(30)20(11-29)40-28)10-19(21)39-26(27)14-6-7-16(34-3)17(8-14)35-4/h6-10,13,20,22,24-25,28-30,32-33H,11-12H2,1-5H3/t20?,22-,24?,25+,28-/m1/s1. The number of aliphatic hydroxyl groups is 4. The zero-order chi connectivity index (χ0) is 29.1. The molecule has 1 saturated heterocycles. The van der Waals surface area contributed by atoms with Crippen LogP contribution >= 0.6 is 0 Å². The Bertz CT molecular complexity index is 1380. The molecule has 3 aromatic rings. The van der Waals surface area contributed by atoms with Gasteiger partial charge in [0.25, 0.3) is 0 Å². The van der Waals surface area contributed by atoms with Gasteiger partial charge in [0.1, 0.15) is 46.9 Å². The maximum absolute atomic E-state index is 13.8. The van der Waals surface area contributed by atoms with Gasteiger partial charge in [-0.15, -0.1) is 0 Å². The van der Waals surface area contributed by atoms with Gasteiger partial charge in [0.05, 0.1) is 34.5 Å². The molecule has 1 aliphatic rings. The number of rotatable bonds is 10. The molecule has 4 N–H and O–H groups in total. The van der Waals surface area contributed by atoms with Crippen molar-refractivity contribution in [3.05, 3.63) is 40.6 Å². The van der Waals surface area contributed by atoms with E-state index >= 15 is 0 Å². The van der Waals surface area contributed by atoms with Crippen molar-refractivity contribution in [2.45, 2.75) is 44.6 Å². The fourth-order valence-electron chi connectivity index (χ4n) is 4.32. The second kappa shape index (κ2) is 12.3. The highest BCUT2D eigenvalue weighted by Gasteiger charge is 2.44. The zero-order valence-corrected chi connectivity index (χ0v) is 22.8. The second-order valence-corrected chi connectivity index (χ2v) is 9.68. The summed E-state index contributed by atoms with van der Waals surface area (Å²) in [5.74, 6) is 1.28. The van der Waals surface area contributed by atoms with E-state index in [1.807, 2.05) is 13.8 Å². The van der Waals surface area contributed by atoms with Gasteiger partial charge in [0.2, 0.25) is 17.5 Å². The summed E-state index contributed by atoms with van der Waals surface area (Å²) in [6.45, 7) is 3.52. The average Bonchev–Trinajstić information content (AvgIpc) is 2.95. The first-order valence-electron chi connectivity index (χ1n) is 12.6. The van der Waals surface area contributed by atoms with E-state index in [0.29, 0.717) is 17.1 Å². The van der Waals surface area contributed by atoms with E-state index in [1.54, 1.807) is 18.2 Å². The maximum atomic E-state index is 13.8. The number of hydrogen-bond acceptors (Lipinski definition) is 12. The van der Waals surface area contributed by atoms with Gasteiger partial charge in [0, 0.05) is 17.7 Å². The SMILES string of the molecule is COc1ccc(-c2oc3cc(O[C@@H]4OC(CO)[C@@H](O)C(O)[C@@H]4O)cc(OC)c3c(=O)c2OCC(C)C)cc1OC. The molecule has 2 aromatic carbocycles. The van der Waals surface area contributed by atoms with Crippen molar-refractivity contribution in [2.75, 3.05) is 34.5 Å². The highest BCUT2D eigenvalue weighted by atomic mass is 16.7. The Hall–Kier alpha value is -3.55. The van der Waals surface area contributed by atoms with E-state index in [0.717, 1.165) is 0 Å². The van der Waals surface area contributed by atoms with Gasteiger partial charge in [-0.25, -0.2) is 0 Å². The summed E-state index contributed by atoms with van der Waals surface area (Å²) >= 11 is 0. The van der Waals surface area contributed by atoms with E-state index in [2.05, 4.69) is 0 Å². The van der Waals surface area contributed by atoms with Gasteiger partial charge >= 0.3 is 0 Å². The van der Waals surface area contributed by atoms with Crippen LogP contribution in [0.2, 0.25) is 0 Å². The van der Waals surface area contributed by atoms with Gasteiger partial charge in [-0.1, -0.05) is 13.8 Å². The van der Waals surface area contributed by atoms with Gasteiger partial charge in [-0.2, -0.15) is 0 Å². The van der Waals surface area contributed by atoms with Crippen molar-refractivity contribution in [1.29, 1.82) is 0 Å². The summed E-state index contributed by atoms with van der Waals surface area (Å²) in [6.07, 6.45) is -7.43. The van der Waals surface area contributed by atoms with Gasteiger partial charge < -0.3 is 53.3 Å². The van der Waals surface area contributed by atoms with Crippen LogP contribution in [0, 0.1) is 5.92 Å². The van der Waals surface area contributed by atoms with Crippen LogP contribution in [0.5, 0.6) is 28.7 Å². The largest absolute Gasteiger partial charge is 0.496 e. The lowest BCUT2D eigenvalue weighted by Gasteiger charge is -2.39. The monoisotopic (exact) mass is 562 g/mol. The number of methoxy groups -OCH3 is 3. The minimum Gasteiger partial charge on any atom is -0.496 e. The van der Waals surface area contributed by atoms with Crippen LogP contribution in [0.3, 0.4) is 0 Å². The van der Waals surface area contributed by atoms with Crippen LogP contribution in [-0.2, 0) is 4.74 Å². The predicted molar refractivity (Wildman–Crippen MR) is 142 cm³/mol. The molecule has 0 aliphatic carbocycles. The van der Waals surface area contributed by atoms with Crippen LogP contribution in [-0.4, -0.2) is 85.7 Å². The molecule has 1 aliphatic heterocycles. The molecular formula is C28H34O12. The number of aliphatic hydroxyl groups excluding tert-OH is 4. The molecule has 218 valence electrons. The lowest BCUT2D eigenvalue weighted by Crippen LogP contribution is -2.60. The van der Waals surface area contributed by atoms with E-state index in [-0.39, 0.29) is 46.5 Å². The summed E-state index contributed by atoms with van der Waals surface area (Å²) < 4.78 is 39.6. The number of fused-ring (bicyclic) bond motifs is 1. The first-order valence-corrected chi connectivity index (χ1v) is 12.6. The molecule has 5 atom stereocenters. The third kappa shape index (κ3) is 5.67. The number of hydrogen-bond donors (Lipinski definition) is 4. The highest BCUT2D eigenvalue weighted by molar-refractivity contribution is 5.88. The van der Waals surface area contributed by atoms with Crippen molar-refractivity contribution in [3.8, 4) is 40.1 Å². The van der Waals surface area contributed by atoms with Crippen molar-refractivity contribution in [3.63, 3.8) is 0 Å². The first kappa shape index (κ1) is 29.4. The maximum Gasteiger partial charge on any atom is 0.239 e. The van der Waals surface area contributed by atoms with Crippen LogP contribution < -0.4 is 29.1 Å². The molecule has 1 fully saturated rings. The van der Waals surface area contributed by atoms with Crippen LogP contribution in [0.4, 0.5) is 0 Å². The molecule has 1 aromatic heterocycles. The predicted octanol–water partition coefficient (Wildman–Crippen LogP) is 1.70. The Kier molecular flexibility index (Phi) is 9.06. The Balaban J connectivity index is 1.86. The van der Waals surface area contributed by atoms with Gasteiger partial charge in [-0.05, 0) is 24.1 Å².